The standard InChI is InChI=1S/C28H41NO12/c1-16(30)12-20(32)22(34)14-28(23(35)21(33)13-17(2)31,25(37)39-15-19-10-8-7-9-11-19)40-24(36)18(3)29-26(38)41-27(4,5)6/h7-11,16-18,20-21,30-33H,12-15H2,1-6H3,(H,29,38)/t16?,17?,18-,20?,21?,28?/m0/s1. The van der Waals surface area contributed by atoms with Crippen molar-refractivity contribution < 1.29 is 58.6 Å². The minimum atomic E-state index is -3.12. The normalized spacial score (nSPS) is 16.6. The molecule has 5 unspecified atom stereocenters. The van der Waals surface area contributed by atoms with Crippen molar-refractivity contribution in [2.45, 2.75) is 109 Å². The number of alkyl carbamates (subject to hydrolysis) is 1. The lowest BCUT2D eigenvalue weighted by atomic mass is 9.85. The van der Waals surface area contributed by atoms with E-state index < -0.39 is 97.1 Å². The van der Waals surface area contributed by atoms with E-state index in [-0.39, 0.29) is 0 Å². The van der Waals surface area contributed by atoms with Crippen molar-refractivity contribution in [3.05, 3.63) is 35.9 Å². The third-order valence-electron chi connectivity index (χ3n) is 5.53. The molecule has 0 radical (unpaired) electrons. The van der Waals surface area contributed by atoms with E-state index in [0.717, 1.165) is 6.92 Å². The van der Waals surface area contributed by atoms with Gasteiger partial charge < -0.3 is 40.0 Å². The molecule has 5 N–H and O–H groups in total. The molecule has 1 aromatic rings. The molecule has 1 aromatic carbocycles. The molecule has 0 heterocycles. The molecule has 1 amide bonds. The number of amides is 1. The first-order valence-corrected chi connectivity index (χ1v) is 13.1. The highest BCUT2D eigenvalue weighted by atomic mass is 16.6. The third kappa shape index (κ3) is 11.9. The second-order valence-corrected chi connectivity index (χ2v) is 10.9. The molecular weight excluding hydrogens is 542 g/mol. The fraction of sp³-hybridized carbons (Fsp3) is 0.607. The van der Waals surface area contributed by atoms with Crippen LogP contribution in [0.25, 0.3) is 0 Å². The molecule has 0 aliphatic rings. The van der Waals surface area contributed by atoms with Crippen molar-refractivity contribution in [3.63, 3.8) is 0 Å². The summed E-state index contributed by atoms with van der Waals surface area (Å²) in [5.74, 6) is -5.58. The molecule has 230 valence electrons. The number of carbonyl (C=O) groups is 5. The molecule has 0 aliphatic carbocycles. The van der Waals surface area contributed by atoms with Crippen LogP contribution >= 0.6 is 0 Å². The number of ether oxygens (including phenoxy) is 3. The first kappa shape index (κ1) is 35.6. The lowest BCUT2D eigenvalue weighted by Crippen LogP contribution is -2.59. The van der Waals surface area contributed by atoms with Gasteiger partial charge in [-0.25, -0.2) is 14.4 Å². The molecule has 13 heteroatoms. The summed E-state index contributed by atoms with van der Waals surface area (Å²) in [4.78, 5) is 65.4. The second-order valence-electron chi connectivity index (χ2n) is 10.9. The summed E-state index contributed by atoms with van der Waals surface area (Å²) in [6.07, 6.45) is -9.74. The quantitative estimate of drug-likeness (QED) is 0.110. The number of aliphatic hydroxyl groups is 4. The van der Waals surface area contributed by atoms with E-state index in [0.29, 0.717) is 5.56 Å². The largest absolute Gasteiger partial charge is 0.457 e. The number of aliphatic hydroxyl groups excluding tert-OH is 4. The smallest absolute Gasteiger partial charge is 0.408 e. The summed E-state index contributed by atoms with van der Waals surface area (Å²) >= 11 is 0. The summed E-state index contributed by atoms with van der Waals surface area (Å²) in [5.41, 5.74) is -3.58. The average molecular weight is 584 g/mol. The van der Waals surface area contributed by atoms with Gasteiger partial charge in [0.2, 0.25) is 5.78 Å². The molecule has 0 saturated carbocycles. The Morgan fingerprint density at radius 2 is 1.37 bits per heavy atom. The lowest BCUT2D eigenvalue weighted by Gasteiger charge is -2.33. The average Bonchev–Trinajstić information content (AvgIpc) is 2.84. The van der Waals surface area contributed by atoms with Crippen LogP contribution in [0.3, 0.4) is 0 Å². The van der Waals surface area contributed by atoms with Gasteiger partial charge in [-0.1, -0.05) is 30.3 Å². The van der Waals surface area contributed by atoms with E-state index >= 15 is 0 Å². The second kappa shape index (κ2) is 15.6. The number of esters is 2. The van der Waals surface area contributed by atoms with Crippen LogP contribution in [0.4, 0.5) is 4.79 Å². The van der Waals surface area contributed by atoms with Gasteiger partial charge in [0.1, 0.15) is 30.5 Å². The van der Waals surface area contributed by atoms with Gasteiger partial charge in [-0.3, -0.25) is 9.59 Å². The van der Waals surface area contributed by atoms with Gasteiger partial charge in [0.25, 0.3) is 5.60 Å². The van der Waals surface area contributed by atoms with Crippen LogP contribution in [0.15, 0.2) is 30.3 Å². The van der Waals surface area contributed by atoms with E-state index in [1.807, 2.05) is 0 Å². The van der Waals surface area contributed by atoms with Crippen molar-refractivity contribution in [1.82, 2.24) is 5.32 Å². The Morgan fingerprint density at radius 1 is 0.829 bits per heavy atom. The minimum absolute atomic E-state index is 0.422. The topological polar surface area (TPSA) is 206 Å². The van der Waals surface area contributed by atoms with E-state index in [1.54, 1.807) is 51.1 Å². The van der Waals surface area contributed by atoms with E-state index in [9.17, 15) is 44.4 Å². The highest BCUT2D eigenvalue weighted by Gasteiger charge is 2.56. The molecule has 41 heavy (non-hydrogen) atoms. The number of hydrogen-bond acceptors (Lipinski definition) is 12. The zero-order chi connectivity index (χ0) is 31.5. The Labute approximate surface area is 238 Å². The van der Waals surface area contributed by atoms with Crippen LogP contribution in [-0.2, 0) is 40.0 Å². The molecule has 0 spiro atoms. The molecule has 0 bridgehead atoms. The maximum atomic E-state index is 13.6. The Balaban J connectivity index is 3.51. The summed E-state index contributed by atoms with van der Waals surface area (Å²) in [6.45, 7) is 8.02. The summed E-state index contributed by atoms with van der Waals surface area (Å²) in [7, 11) is 0. The third-order valence-corrected chi connectivity index (χ3v) is 5.53. The maximum absolute atomic E-state index is 13.6. The molecule has 0 fully saturated rings. The molecule has 0 aromatic heterocycles. The zero-order valence-electron chi connectivity index (χ0n) is 24.2. The Hall–Kier alpha value is -3.39. The van der Waals surface area contributed by atoms with Crippen LogP contribution in [0.1, 0.15) is 66.4 Å². The lowest BCUT2D eigenvalue weighted by molar-refractivity contribution is -0.192. The number of nitrogens with one attached hydrogen (secondary N) is 1. The summed E-state index contributed by atoms with van der Waals surface area (Å²) in [5, 5.41) is 42.4. The van der Waals surface area contributed by atoms with Gasteiger partial charge in [-0.05, 0) is 47.1 Å². The van der Waals surface area contributed by atoms with Gasteiger partial charge in [-0.2, -0.15) is 0 Å². The molecule has 0 saturated heterocycles. The molecular formula is C28H41NO12. The highest BCUT2D eigenvalue weighted by Crippen LogP contribution is 2.27. The van der Waals surface area contributed by atoms with E-state index in [2.05, 4.69) is 5.32 Å². The van der Waals surface area contributed by atoms with Crippen LogP contribution in [0.2, 0.25) is 0 Å². The predicted molar refractivity (Wildman–Crippen MR) is 143 cm³/mol. The monoisotopic (exact) mass is 583 g/mol. The van der Waals surface area contributed by atoms with Gasteiger partial charge in [-0.15, -0.1) is 0 Å². The van der Waals surface area contributed by atoms with E-state index in [4.69, 9.17) is 14.2 Å². The Morgan fingerprint density at radius 3 is 1.88 bits per heavy atom. The van der Waals surface area contributed by atoms with Crippen molar-refractivity contribution in [2.75, 3.05) is 0 Å². The van der Waals surface area contributed by atoms with Gasteiger partial charge >= 0.3 is 18.0 Å². The van der Waals surface area contributed by atoms with Gasteiger partial charge in [0.05, 0.1) is 18.6 Å². The maximum Gasteiger partial charge on any atom is 0.408 e. The van der Waals surface area contributed by atoms with Crippen LogP contribution in [-0.4, -0.2) is 91.7 Å². The number of Topliss-reactive ketones (excluding diaryl/α,β-unsaturated/α-hetero) is 2. The number of ketones is 2. The summed E-state index contributed by atoms with van der Waals surface area (Å²) in [6, 6.07) is 6.66. The highest BCUT2D eigenvalue weighted by molar-refractivity contribution is 6.13. The van der Waals surface area contributed by atoms with Crippen molar-refractivity contribution in [1.29, 1.82) is 0 Å². The number of carbonyl (C=O) groups excluding carboxylic acids is 5. The van der Waals surface area contributed by atoms with Crippen molar-refractivity contribution in [2.24, 2.45) is 0 Å². The van der Waals surface area contributed by atoms with Crippen LogP contribution < -0.4 is 5.32 Å². The Kier molecular flexibility index (Phi) is 13.5. The number of hydrogen-bond donors (Lipinski definition) is 5. The predicted octanol–water partition coefficient (Wildman–Crippen LogP) is 0.717. The van der Waals surface area contributed by atoms with E-state index in [1.165, 1.54) is 13.8 Å². The van der Waals surface area contributed by atoms with Crippen LogP contribution in [0.5, 0.6) is 0 Å². The summed E-state index contributed by atoms with van der Waals surface area (Å²) < 4.78 is 15.6. The minimum Gasteiger partial charge on any atom is -0.457 e. The SMILES string of the molecule is CC(O)CC(O)C(=O)CC(OC(=O)[C@H](C)NC(=O)OC(C)(C)C)(C(=O)OCc1ccccc1)C(=O)C(O)CC(C)O. The number of benzene rings is 1. The Bertz CT molecular complexity index is 1050. The van der Waals surface area contributed by atoms with Crippen molar-refractivity contribution in [3.8, 4) is 0 Å². The molecule has 1 rings (SSSR count). The first-order chi connectivity index (χ1) is 18.9. The first-order valence-electron chi connectivity index (χ1n) is 13.1. The van der Waals surface area contributed by atoms with Gasteiger partial charge in [0, 0.05) is 12.8 Å². The fourth-order valence-corrected chi connectivity index (χ4v) is 3.55. The molecule has 0 aliphatic heterocycles. The molecule has 13 nitrogen and oxygen atoms in total. The van der Waals surface area contributed by atoms with Crippen LogP contribution in [0, 0.1) is 0 Å². The number of rotatable bonds is 15. The fourth-order valence-electron chi connectivity index (χ4n) is 3.55. The van der Waals surface area contributed by atoms with Crippen molar-refractivity contribution >= 4 is 29.6 Å². The molecule has 6 atom stereocenters. The van der Waals surface area contributed by atoms with Gasteiger partial charge in [0.15, 0.2) is 5.78 Å². The zero-order valence-corrected chi connectivity index (χ0v) is 24.2.